The lowest BCUT2D eigenvalue weighted by Gasteiger charge is -2.07. The van der Waals surface area contributed by atoms with Crippen LogP contribution in [0.25, 0.3) is 0 Å². The average molecular weight is 294 g/mol. The van der Waals surface area contributed by atoms with Crippen molar-refractivity contribution in [2.75, 3.05) is 19.8 Å². The van der Waals surface area contributed by atoms with Gasteiger partial charge in [-0.3, -0.25) is 0 Å². The summed E-state index contributed by atoms with van der Waals surface area (Å²) in [5, 5.41) is 8.88. The maximum absolute atomic E-state index is 10.8. The van der Waals surface area contributed by atoms with Gasteiger partial charge in [-0.2, -0.15) is 0 Å². The first-order valence-corrected chi connectivity index (χ1v) is 7.78. The Morgan fingerprint density at radius 1 is 1.05 bits per heavy atom. The van der Waals surface area contributed by atoms with E-state index in [1.54, 1.807) is 18.2 Å². The van der Waals surface area contributed by atoms with E-state index in [2.05, 4.69) is 6.92 Å². The number of ether oxygens (including phenoxy) is 2. The van der Waals surface area contributed by atoms with Crippen molar-refractivity contribution in [1.29, 1.82) is 0 Å². The highest BCUT2D eigenvalue weighted by atomic mass is 16.5. The molecular weight excluding hydrogens is 268 g/mol. The number of carbonyl (C=O) groups is 1. The van der Waals surface area contributed by atoms with E-state index in [1.165, 1.54) is 38.2 Å². The van der Waals surface area contributed by atoms with Gasteiger partial charge in [0.1, 0.15) is 12.4 Å². The standard InChI is InChI=1S/C17H26O4/c1-2-3-4-5-6-7-11-20-12-13-21-16-10-8-9-15(14-16)17(18)19/h8-10,14H,2-7,11-13H2,1H3,(H,18,19). The molecule has 1 aromatic carbocycles. The Bertz CT molecular complexity index is 404. The largest absolute Gasteiger partial charge is 0.491 e. The Morgan fingerprint density at radius 3 is 2.57 bits per heavy atom. The summed E-state index contributed by atoms with van der Waals surface area (Å²) in [5.41, 5.74) is 0.237. The maximum atomic E-state index is 10.8. The van der Waals surface area contributed by atoms with Crippen LogP contribution in [0, 0.1) is 0 Å². The van der Waals surface area contributed by atoms with E-state index in [0.717, 1.165) is 13.0 Å². The molecule has 4 heteroatoms. The van der Waals surface area contributed by atoms with Crippen LogP contribution >= 0.6 is 0 Å². The summed E-state index contributed by atoms with van der Waals surface area (Å²) in [7, 11) is 0. The van der Waals surface area contributed by atoms with Crippen molar-refractivity contribution in [1.82, 2.24) is 0 Å². The lowest BCUT2D eigenvalue weighted by atomic mass is 10.1. The molecule has 0 unspecified atom stereocenters. The Labute approximate surface area is 127 Å². The molecule has 0 atom stereocenters. The molecule has 0 fully saturated rings. The Kier molecular flexibility index (Phi) is 9.29. The number of benzene rings is 1. The van der Waals surface area contributed by atoms with Gasteiger partial charge in [0.05, 0.1) is 12.2 Å². The molecule has 1 N–H and O–H groups in total. The van der Waals surface area contributed by atoms with E-state index in [0.29, 0.717) is 19.0 Å². The molecule has 118 valence electrons. The first kappa shape index (κ1) is 17.5. The molecule has 0 bridgehead atoms. The smallest absolute Gasteiger partial charge is 0.335 e. The van der Waals surface area contributed by atoms with Crippen molar-refractivity contribution in [2.24, 2.45) is 0 Å². The van der Waals surface area contributed by atoms with Crippen LogP contribution in [0.3, 0.4) is 0 Å². The van der Waals surface area contributed by atoms with Gasteiger partial charge in [-0.15, -0.1) is 0 Å². The molecule has 1 aromatic rings. The van der Waals surface area contributed by atoms with E-state index in [4.69, 9.17) is 14.6 Å². The van der Waals surface area contributed by atoms with Crippen molar-refractivity contribution < 1.29 is 19.4 Å². The van der Waals surface area contributed by atoms with Crippen LogP contribution in [-0.4, -0.2) is 30.9 Å². The highest BCUT2D eigenvalue weighted by Gasteiger charge is 2.03. The zero-order valence-corrected chi connectivity index (χ0v) is 12.8. The van der Waals surface area contributed by atoms with Gasteiger partial charge in [0, 0.05) is 6.61 Å². The van der Waals surface area contributed by atoms with E-state index in [-0.39, 0.29) is 5.56 Å². The summed E-state index contributed by atoms with van der Waals surface area (Å²) < 4.78 is 11.0. The minimum absolute atomic E-state index is 0.237. The van der Waals surface area contributed by atoms with Crippen LogP contribution in [0.5, 0.6) is 5.75 Å². The van der Waals surface area contributed by atoms with Crippen LogP contribution in [-0.2, 0) is 4.74 Å². The van der Waals surface area contributed by atoms with Crippen LogP contribution < -0.4 is 4.74 Å². The zero-order chi connectivity index (χ0) is 15.3. The highest BCUT2D eigenvalue weighted by Crippen LogP contribution is 2.13. The van der Waals surface area contributed by atoms with E-state index in [1.807, 2.05) is 0 Å². The quantitative estimate of drug-likeness (QED) is 0.589. The number of carboxylic acid groups (broad SMARTS) is 1. The second-order valence-electron chi connectivity index (χ2n) is 5.06. The van der Waals surface area contributed by atoms with E-state index < -0.39 is 5.97 Å². The molecule has 0 aliphatic rings. The Morgan fingerprint density at radius 2 is 1.81 bits per heavy atom. The van der Waals surface area contributed by atoms with Crippen molar-refractivity contribution in [3.63, 3.8) is 0 Å². The lowest BCUT2D eigenvalue weighted by molar-refractivity contribution is 0.0696. The van der Waals surface area contributed by atoms with Gasteiger partial charge in [0.25, 0.3) is 0 Å². The summed E-state index contributed by atoms with van der Waals surface area (Å²) in [6, 6.07) is 6.50. The molecule has 0 amide bonds. The number of hydrogen-bond donors (Lipinski definition) is 1. The Balaban J connectivity index is 2.01. The molecule has 0 aromatic heterocycles. The number of carboxylic acids is 1. The number of unbranched alkanes of at least 4 members (excludes halogenated alkanes) is 5. The third-order valence-corrected chi connectivity index (χ3v) is 3.22. The second kappa shape index (κ2) is 11.1. The third-order valence-electron chi connectivity index (χ3n) is 3.22. The van der Waals surface area contributed by atoms with Gasteiger partial charge in [-0.25, -0.2) is 4.79 Å². The molecule has 21 heavy (non-hydrogen) atoms. The number of hydrogen-bond acceptors (Lipinski definition) is 3. The monoisotopic (exact) mass is 294 g/mol. The van der Waals surface area contributed by atoms with Gasteiger partial charge in [-0.05, 0) is 24.6 Å². The van der Waals surface area contributed by atoms with E-state index in [9.17, 15) is 4.79 Å². The normalized spacial score (nSPS) is 10.5. The van der Waals surface area contributed by atoms with E-state index >= 15 is 0 Å². The highest BCUT2D eigenvalue weighted by molar-refractivity contribution is 5.87. The lowest BCUT2D eigenvalue weighted by Crippen LogP contribution is -2.08. The maximum Gasteiger partial charge on any atom is 0.335 e. The first-order chi connectivity index (χ1) is 10.2. The molecular formula is C17H26O4. The molecule has 0 aliphatic carbocycles. The van der Waals surface area contributed by atoms with Gasteiger partial charge in [0.2, 0.25) is 0 Å². The average Bonchev–Trinajstić information content (AvgIpc) is 2.49. The predicted octanol–water partition coefficient (Wildman–Crippen LogP) is 4.14. The summed E-state index contributed by atoms with van der Waals surface area (Å²) in [6.07, 6.45) is 7.52. The third kappa shape index (κ3) is 8.35. The van der Waals surface area contributed by atoms with Crippen LogP contribution in [0.4, 0.5) is 0 Å². The molecule has 0 aliphatic heterocycles. The fraction of sp³-hybridized carbons (Fsp3) is 0.588. The van der Waals surface area contributed by atoms with Crippen molar-refractivity contribution >= 4 is 5.97 Å². The molecule has 0 saturated carbocycles. The van der Waals surface area contributed by atoms with Gasteiger partial charge < -0.3 is 14.6 Å². The topological polar surface area (TPSA) is 55.8 Å². The van der Waals surface area contributed by atoms with Gasteiger partial charge in [-0.1, -0.05) is 45.1 Å². The predicted molar refractivity (Wildman–Crippen MR) is 83.1 cm³/mol. The van der Waals surface area contributed by atoms with Crippen LogP contribution in [0.2, 0.25) is 0 Å². The minimum Gasteiger partial charge on any atom is -0.491 e. The van der Waals surface area contributed by atoms with Crippen molar-refractivity contribution in [3.05, 3.63) is 29.8 Å². The molecule has 0 heterocycles. The summed E-state index contributed by atoms with van der Waals surface area (Å²) in [5.74, 6) is -0.377. The fourth-order valence-corrected chi connectivity index (χ4v) is 2.02. The van der Waals surface area contributed by atoms with Crippen LogP contribution in [0.1, 0.15) is 55.8 Å². The molecule has 4 nitrogen and oxygen atoms in total. The van der Waals surface area contributed by atoms with Gasteiger partial charge in [0.15, 0.2) is 0 Å². The second-order valence-corrected chi connectivity index (χ2v) is 5.06. The number of aromatic carboxylic acids is 1. The van der Waals surface area contributed by atoms with Crippen LogP contribution in [0.15, 0.2) is 24.3 Å². The van der Waals surface area contributed by atoms with Crippen molar-refractivity contribution in [2.45, 2.75) is 45.4 Å². The summed E-state index contributed by atoms with van der Waals surface area (Å²) >= 11 is 0. The van der Waals surface area contributed by atoms with Crippen molar-refractivity contribution in [3.8, 4) is 5.75 Å². The fourth-order valence-electron chi connectivity index (χ4n) is 2.02. The molecule has 0 saturated heterocycles. The molecule has 1 rings (SSSR count). The molecule has 0 radical (unpaired) electrons. The van der Waals surface area contributed by atoms with Gasteiger partial charge >= 0.3 is 5.97 Å². The minimum atomic E-state index is -0.945. The zero-order valence-electron chi connectivity index (χ0n) is 12.8. The first-order valence-electron chi connectivity index (χ1n) is 7.78. The summed E-state index contributed by atoms with van der Waals surface area (Å²) in [4.78, 5) is 10.8. The molecule has 0 spiro atoms. The SMILES string of the molecule is CCCCCCCCOCCOc1cccc(C(=O)O)c1. The Hall–Kier alpha value is -1.55. The number of rotatable bonds is 12. The summed E-state index contributed by atoms with van der Waals surface area (Å²) in [6.45, 7) is 3.96.